The van der Waals surface area contributed by atoms with Crippen molar-refractivity contribution < 1.29 is 9.59 Å². The molecule has 136 valence electrons. The Morgan fingerprint density at radius 1 is 1.16 bits per heavy atom. The Hall–Kier alpha value is -1.88. The van der Waals surface area contributed by atoms with Crippen LogP contribution in [0.1, 0.15) is 44.2 Å². The number of carbonyl (C=O) groups excluding carboxylic acids is 2. The van der Waals surface area contributed by atoms with Gasteiger partial charge in [0.1, 0.15) is 6.04 Å². The van der Waals surface area contributed by atoms with Crippen molar-refractivity contribution in [2.24, 2.45) is 11.7 Å². The first-order valence-corrected chi connectivity index (χ1v) is 9.36. The fourth-order valence-corrected chi connectivity index (χ4v) is 3.80. The Morgan fingerprint density at radius 2 is 1.80 bits per heavy atom. The van der Waals surface area contributed by atoms with Crippen LogP contribution in [0.25, 0.3) is 0 Å². The predicted octanol–water partition coefficient (Wildman–Crippen LogP) is 1.94. The van der Waals surface area contributed by atoms with Crippen molar-refractivity contribution in [1.29, 1.82) is 0 Å². The molecule has 1 atom stereocenters. The van der Waals surface area contributed by atoms with Crippen LogP contribution >= 0.6 is 0 Å². The summed E-state index contributed by atoms with van der Waals surface area (Å²) in [6.07, 6.45) is 2.78. The minimum Gasteiger partial charge on any atom is -0.341 e. The molecule has 0 saturated carbocycles. The normalized spacial score (nSPS) is 21.4. The molecule has 1 unspecified atom stereocenters. The van der Waals surface area contributed by atoms with Gasteiger partial charge in [0.25, 0.3) is 0 Å². The highest BCUT2D eigenvalue weighted by Crippen LogP contribution is 2.26. The van der Waals surface area contributed by atoms with E-state index in [0.717, 1.165) is 18.4 Å². The van der Waals surface area contributed by atoms with Gasteiger partial charge in [0.2, 0.25) is 11.8 Å². The summed E-state index contributed by atoms with van der Waals surface area (Å²) in [5.74, 6) is 0.448. The van der Waals surface area contributed by atoms with Gasteiger partial charge >= 0.3 is 0 Å². The maximum atomic E-state index is 13.2. The van der Waals surface area contributed by atoms with Crippen LogP contribution in [-0.2, 0) is 22.6 Å². The third-order valence-electron chi connectivity index (χ3n) is 5.29. The van der Waals surface area contributed by atoms with Crippen LogP contribution in [0.3, 0.4) is 0 Å². The number of hydrogen-bond acceptors (Lipinski definition) is 3. The second-order valence-electron chi connectivity index (χ2n) is 7.77. The molecule has 1 aromatic rings. The number of nitrogens with two attached hydrogens (primary N) is 1. The highest BCUT2D eigenvalue weighted by Gasteiger charge is 2.37. The average Bonchev–Trinajstić information content (AvgIpc) is 2.60. The maximum absolute atomic E-state index is 13.2. The lowest BCUT2D eigenvalue weighted by Crippen LogP contribution is -2.55. The van der Waals surface area contributed by atoms with Crippen LogP contribution in [0.2, 0.25) is 0 Å². The third kappa shape index (κ3) is 4.03. The van der Waals surface area contributed by atoms with Crippen LogP contribution in [-0.4, -0.2) is 46.8 Å². The number of rotatable bonds is 3. The number of benzene rings is 1. The van der Waals surface area contributed by atoms with Gasteiger partial charge in [-0.05, 0) is 29.9 Å². The standard InChI is InChI=1S/C20H29N3O2/c1-14(2)11-19(24)23-13-16-6-4-3-5-15(16)12-18(23)20(25)22-9-7-17(21)8-10-22/h3-6,14,17-18H,7-13,21H2,1-2H3. The summed E-state index contributed by atoms with van der Waals surface area (Å²) in [6.45, 7) is 6.01. The van der Waals surface area contributed by atoms with E-state index in [1.165, 1.54) is 5.56 Å². The maximum Gasteiger partial charge on any atom is 0.245 e. The summed E-state index contributed by atoms with van der Waals surface area (Å²) in [7, 11) is 0. The van der Waals surface area contributed by atoms with Gasteiger partial charge in [-0.25, -0.2) is 0 Å². The van der Waals surface area contributed by atoms with E-state index in [0.29, 0.717) is 32.5 Å². The minimum absolute atomic E-state index is 0.0802. The van der Waals surface area contributed by atoms with Gasteiger partial charge in [-0.2, -0.15) is 0 Å². The van der Waals surface area contributed by atoms with Gasteiger partial charge in [-0.3, -0.25) is 9.59 Å². The fourth-order valence-electron chi connectivity index (χ4n) is 3.80. The topological polar surface area (TPSA) is 66.6 Å². The molecule has 5 nitrogen and oxygen atoms in total. The zero-order valence-electron chi connectivity index (χ0n) is 15.3. The Balaban J connectivity index is 1.82. The lowest BCUT2D eigenvalue weighted by molar-refractivity contribution is -0.148. The van der Waals surface area contributed by atoms with Gasteiger partial charge < -0.3 is 15.5 Å². The van der Waals surface area contributed by atoms with Crippen LogP contribution in [0.15, 0.2) is 24.3 Å². The number of piperidine rings is 1. The van der Waals surface area contributed by atoms with Crippen molar-refractivity contribution in [2.45, 2.75) is 58.2 Å². The van der Waals surface area contributed by atoms with E-state index < -0.39 is 0 Å². The lowest BCUT2D eigenvalue weighted by Gasteiger charge is -2.40. The molecule has 0 bridgehead atoms. The molecule has 0 aromatic heterocycles. The molecule has 2 amide bonds. The van der Waals surface area contributed by atoms with Gasteiger partial charge in [0, 0.05) is 38.5 Å². The molecule has 2 aliphatic heterocycles. The highest BCUT2D eigenvalue weighted by atomic mass is 16.2. The van der Waals surface area contributed by atoms with E-state index in [1.54, 1.807) is 4.90 Å². The van der Waals surface area contributed by atoms with Gasteiger partial charge in [-0.15, -0.1) is 0 Å². The summed E-state index contributed by atoms with van der Waals surface area (Å²) in [4.78, 5) is 29.7. The van der Waals surface area contributed by atoms with Crippen molar-refractivity contribution in [3.05, 3.63) is 35.4 Å². The molecular formula is C20H29N3O2. The van der Waals surface area contributed by atoms with Crippen LogP contribution in [0, 0.1) is 5.92 Å². The number of fused-ring (bicyclic) bond motifs is 1. The largest absolute Gasteiger partial charge is 0.341 e. The SMILES string of the molecule is CC(C)CC(=O)N1Cc2ccccc2CC1C(=O)N1CCC(N)CC1. The molecule has 0 radical (unpaired) electrons. The lowest BCUT2D eigenvalue weighted by atomic mass is 9.91. The minimum atomic E-state index is -0.379. The molecule has 0 aliphatic carbocycles. The molecule has 1 fully saturated rings. The Morgan fingerprint density at radius 3 is 2.44 bits per heavy atom. The molecular weight excluding hydrogens is 314 g/mol. The third-order valence-corrected chi connectivity index (χ3v) is 5.29. The number of hydrogen-bond donors (Lipinski definition) is 1. The number of nitrogens with zero attached hydrogens (tertiary/aromatic N) is 2. The van der Waals surface area contributed by atoms with E-state index in [-0.39, 0.29) is 29.8 Å². The Labute approximate surface area is 150 Å². The van der Waals surface area contributed by atoms with Crippen LogP contribution in [0.4, 0.5) is 0 Å². The van der Waals surface area contributed by atoms with Gasteiger partial charge in [0.05, 0.1) is 0 Å². The van der Waals surface area contributed by atoms with E-state index in [9.17, 15) is 9.59 Å². The van der Waals surface area contributed by atoms with Crippen LogP contribution < -0.4 is 5.73 Å². The molecule has 2 aliphatic rings. The van der Waals surface area contributed by atoms with Crippen molar-refractivity contribution in [1.82, 2.24) is 9.80 Å². The molecule has 1 saturated heterocycles. The number of carbonyl (C=O) groups is 2. The summed E-state index contributed by atoms with van der Waals surface area (Å²) in [6, 6.07) is 7.95. The number of amides is 2. The molecule has 2 heterocycles. The van der Waals surface area contributed by atoms with Crippen molar-refractivity contribution in [3.8, 4) is 0 Å². The van der Waals surface area contributed by atoms with Crippen molar-refractivity contribution >= 4 is 11.8 Å². The van der Waals surface area contributed by atoms with Crippen molar-refractivity contribution in [3.63, 3.8) is 0 Å². The molecule has 3 rings (SSSR count). The van der Waals surface area contributed by atoms with Gasteiger partial charge in [-0.1, -0.05) is 38.1 Å². The van der Waals surface area contributed by atoms with E-state index in [1.807, 2.05) is 30.9 Å². The van der Waals surface area contributed by atoms with Crippen molar-refractivity contribution in [2.75, 3.05) is 13.1 Å². The summed E-state index contributed by atoms with van der Waals surface area (Å²) in [5, 5.41) is 0. The number of likely N-dealkylation sites (tertiary alicyclic amines) is 1. The van der Waals surface area contributed by atoms with E-state index in [2.05, 4.69) is 12.1 Å². The molecule has 25 heavy (non-hydrogen) atoms. The molecule has 1 aromatic carbocycles. The second-order valence-corrected chi connectivity index (χ2v) is 7.77. The first kappa shape index (κ1) is 17.9. The first-order chi connectivity index (χ1) is 12.0. The highest BCUT2D eigenvalue weighted by molar-refractivity contribution is 5.88. The monoisotopic (exact) mass is 343 g/mol. The fraction of sp³-hybridized carbons (Fsp3) is 0.600. The molecule has 5 heteroatoms. The van der Waals surface area contributed by atoms with Gasteiger partial charge in [0.15, 0.2) is 0 Å². The molecule has 2 N–H and O–H groups in total. The summed E-state index contributed by atoms with van der Waals surface area (Å²) >= 11 is 0. The summed E-state index contributed by atoms with van der Waals surface area (Å²) in [5.41, 5.74) is 8.31. The van der Waals surface area contributed by atoms with Crippen LogP contribution in [0.5, 0.6) is 0 Å². The predicted molar refractivity (Wildman–Crippen MR) is 97.7 cm³/mol. The molecule has 0 spiro atoms. The average molecular weight is 343 g/mol. The zero-order valence-corrected chi connectivity index (χ0v) is 15.3. The first-order valence-electron chi connectivity index (χ1n) is 9.36. The van der Waals surface area contributed by atoms with E-state index >= 15 is 0 Å². The smallest absolute Gasteiger partial charge is 0.245 e. The second kappa shape index (κ2) is 7.56. The Kier molecular flexibility index (Phi) is 5.42. The Bertz CT molecular complexity index is 636. The summed E-state index contributed by atoms with van der Waals surface area (Å²) < 4.78 is 0. The zero-order chi connectivity index (χ0) is 18.0. The van der Waals surface area contributed by atoms with E-state index in [4.69, 9.17) is 5.73 Å². The quantitative estimate of drug-likeness (QED) is 0.912.